The van der Waals surface area contributed by atoms with Crippen LogP contribution in [-0.4, -0.2) is 39.5 Å². The van der Waals surface area contributed by atoms with Gasteiger partial charge in [0.15, 0.2) is 0 Å². The fourth-order valence-corrected chi connectivity index (χ4v) is 3.77. The minimum absolute atomic E-state index is 0.0138. The summed E-state index contributed by atoms with van der Waals surface area (Å²) in [5.41, 5.74) is 2.36. The quantitative estimate of drug-likeness (QED) is 0.276. The van der Waals surface area contributed by atoms with Crippen LogP contribution in [0.5, 0.6) is 5.75 Å². The van der Waals surface area contributed by atoms with Gasteiger partial charge in [0.25, 0.3) is 0 Å². The Morgan fingerprint density at radius 1 is 1.00 bits per heavy atom. The van der Waals surface area contributed by atoms with Crippen LogP contribution in [0.2, 0.25) is 0 Å². The summed E-state index contributed by atoms with van der Waals surface area (Å²) in [6.45, 7) is 0.773. The summed E-state index contributed by atoms with van der Waals surface area (Å²) >= 11 is 0. The van der Waals surface area contributed by atoms with Gasteiger partial charge in [0.05, 0.1) is 12.7 Å². The van der Waals surface area contributed by atoms with Crippen LogP contribution in [0.25, 0.3) is 0 Å². The molecular formula is C25H35NO5. The molecule has 0 saturated heterocycles. The lowest BCUT2D eigenvalue weighted by molar-refractivity contribution is -0.137. The number of phenols is 1. The van der Waals surface area contributed by atoms with Crippen LogP contribution in [0.3, 0.4) is 0 Å². The van der Waals surface area contributed by atoms with Gasteiger partial charge in [0.1, 0.15) is 5.75 Å². The molecule has 0 amide bonds. The molecule has 6 heteroatoms. The lowest BCUT2D eigenvalue weighted by Crippen LogP contribution is -2.24. The molecule has 2 aromatic rings. The van der Waals surface area contributed by atoms with Gasteiger partial charge in [-0.25, -0.2) is 0 Å². The number of carboxylic acids is 1. The number of nitrogens with one attached hydrogen (secondary N) is 1. The lowest BCUT2D eigenvalue weighted by Gasteiger charge is -2.18. The van der Waals surface area contributed by atoms with Crippen molar-refractivity contribution < 1.29 is 25.2 Å². The number of hydrogen-bond acceptors (Lipinski definition) is 5. The second-order valence-corrected chi connectivity index (χ2v) is 8.08. The minimum Gasteiger partial charge on any atom is -0.508 e. The largest absolute Gasteiger partial charge is 0.508 e. The van der Waals surface area contributed by atoms with Gasteiger partial charge in [0, 0.05) is 18.5 Å². The maximum atomic E-state index is 11.0. The first-order valence-electron chi connectivity index (χ1n) is 11.1. The zero-order valence-electron chi connectivity index (χ0n) is 18.0. The molecule has 0 bridgehead atoms. The molecule has 2 rings (SSSR count). The third-order valence-electron chi connectivity index (χ3n) is 5.66. The Labute approximate surface area is 184 Å². The summed E-state index contributed by atoms with van der Waals surface area (Å²) in [7, 11) is 0. The maximum Gasteiger partial charge on any atom is 0.303 e. The first-order chi connectivity index (χ1) is 15.0. The van der Waals surface area contributed by atoms with Crippen molar-refractivity contribution >= 4 is 5.97 Å². The van der Waals surface area contributed by atoms with Gasteiger partial charge in [-0.15, -0.1) is 0 Å². The molecule has 0 aromatic heterocycles. The van der Waals surface area contributed by atoms with Gasteiger partial charge in [-0.1, -0.05) is 49.2 Å². The highest BCUT2D eigenvalue weighted by atomic mass is 16.4. The molecule has 5 N–H and O–H groups in total. The van der Waals surface area contributed by atoms with E-state index in [2.05, 4.69) is 17.4 Å². The van der Waals surface area contributed by atoms with E-state index in [4.69, 9.17) is 5.11 Å². The number of aromatic hydroxyl groups is 1. The number of rotatable bonds is 15. The van der Waals surface area contributed by atoms with Crippen molar-refractivity contribution in [2.45, 2.75) is 57.7 Å². The van der Waals surface area contributed by atoms with E-state index < -0.39 is 12.1 Å². The number of aryl methyl sites for hydroxylation is 1. The zero-order chi connectivity index (χ0) is 22.5. The Kier molecular flexibility index (Phi) is 11.1. The van der Waals surface area contributed by atoms with Crippen molar-refractivity contribution in [2.75, 3.05) is 13.1 Å². The van der Waals surface area contributed by atoms with Crippen LogP contribution >= 0.6 is 0 Å². The normalized spacial score (nSPS) is 13.1. The van der Waals surface area contributed by atoms with Crippen molar-refractivity contribution in [3.63, 3.8) is 0 Å². The third kappa shape index (κ3) is 9.51. The smallest absolute Gasteiger partial charge is 0.303 e. The highest BCUT2D eigenvalue weighted by Gasteiger charge is 2.13. The molecule has 0 aliphatic rings. The van der Waals surface area contributed by atoms with E-state index in [1.165, 1.54) is 11.6 Å². The van der Waals surface area contributed by atoms with Crippen LogP contribution in [-0.2, 0) is 17.8 Å². The van der Waals surface area contributed by atoms with Gasteiger partial charge in [-0.2, -0.15) is 0 Å². The number of carbonyl (C=O) groups is 1. The molecule has 0 saturated carbocycles. The SMILES string of the molecule is O=C(O)CCC(CCCCc1ccccc1)CCNCC(O)c1ccc(O)c(CO)c1. The van der Waals surface area contributed by atoms with Crippen molar-refractivity contribution in [1.82, 2.24) is 5.32 Å². The summed E-state index contributed by atoms with van der Waals surface area (Å²) < 4.78 is 0. The summed E-state index contributed by atoms with van der Waals surface area (Å²) in [4.78, 5) is 11.0. The predicted octanol–water partition coefficient (Wildman–Crippen LogP) is 3.79. The van der Waals surface area contributed by atoms with Crippen LogP contribution in [0, 0.1) is 5.92 Å². The predicted molar refractivity (Wildman–Crippen MR) is 121 cm³/mol. The van der Waals surface area contributed by atoms with Crippen molar-refractivity contribution in [3.8, 4) is 5.75 Å². The second kappa shape index (κ2) is 13.8. The molecule has 6 nitrogen and oxygen atoms in total. The van der Waals surface area contributed by atoms with Crippen molar-refractivity contribution in [2.24, 2.45) is 5.92 Å². The van der Waals surface area contributed by atoms with Crippen molar-refractivity contribution in [3.05, 3.63) is 65.2 Å². The summed E-state index contributed by atoms with van der Waals surface area (Å²) in [6, 6.07) is 15.1. The zero-order valence-corrected chi connectivity index (χ0v) is 18.0. The number of unbranched alkanes of at least 4 members (excludes halogenated alkanes) is 1. The number of aliphatic hydroxyl groups excluding tert-OH is 2. The number of hydrogen-bond donors (Lipinski definition) is 5. The number of benzene rings is 2. The average molecular weight is 430 g/mol. The second-order valence-electron chi connectivity index (χ2n) is 8.08. The van der Waals surface area contributed by atoms with Crippen LogP contribution in [0.4, 0.5) is 0 Å². The Balaban J connectivity index is 1.72. The Bertz CT molecular complexity index is 781. The fraction of sp³-hybridized carbons (Fsp3) is 0.480. The monoisotopic (exact) mass is 429 g/mol. The van der Waals surface area contributed by atoms with Gasteiger partial charge >= 0.3 is 5.97 Å². The maximum absolute atomic E-state index is 11.0. The van der Waals surface area contributed by atoms with E-state index in [0.29, 0.717) is 36.6 Å². The average Bonchev–Trinajstić information content (AvgIpc) is 2.77. The lowest BCUT2D eigenvalue weighted by atomic mass is 9.92. The van der Waals surface area contributed by atoms with E-state index in [0.717, 1.165) is 32.1 Å². The number of aliphatic hydroxyl groups is 2. The first kappa shape index (κ1) is 24.9. The molecule has 0 aliphatic heterocycles. The fourth-order valence-electron chi connectivity index (χ4n) is 3.77. The molecular weight excluding hydrogens is 394 g/mol. The van der Waals surface area contributed by atoms with E-state index >= 15 is 0 Å². The molecule has 0 radical (unpaired) electrons. The molecule has 2 atom stereocenters. The van der Waals surface area contributed by atoms with Crippen LogP contribution in [0.15, 0.2) is 48.5 Å². The minimum atomic E-state index is -0.760. The summed E-state index contributed by atoms with van der Waals surface area (Å²) in [6.07, 6.45) is 5.18. The van der Waals surface area contributed by atoms with Crippen molar-refractivity contribution in [1.29, 1.82) is 0 Å². The number of aliphatic carboxylic acids is 1. The Morgan fingerprint density at radius 2 is 1.77 bits per heavy atom. The molecule has 2 aromatic carbocycles. The third-order valence-corrected chi connectivity index (χ3v) is 5.66. The highest BCUT2D eigenvalue weighted by molar-refractivity contribution is 5.66. The van der Waals surface area contributed by atoms with E-state index in [9.17, 15) is 20.1 Å². The van der Waals surface area contributed by atoms with E-state index in [1.807, 2.05) is 18.2 Å². The van der Waals surface area contributed by atoms with Gasteiger partial charge < -0.3 is 25.7 Å². The Morgan fingerprint density at radius 3 is 2.48 bits per heavy atom. The molecule has 0 heterocycles. The highest BCUT2D eigenvalue weighted by Crippen LogP contribution is 2.23. The molecule has 0 aliphatic carbocycles. The van der Waals surface area contributed by atoms with E-state index in [1.54, 1.807) is 12.1 Å². The summed E-state index contributed by atoms with van der Waals surface area (Å²) in [5.74, 6) is -0.407. The number of carboxylic acid groups (broad SMARTS) is 1. The summed E-state index contributed by atoms with van der Waals surface area (Å²) in [5, 5.41) is 41.5. The molecule has 170 valence electrons. The van der Waals surface area contributed by atoms with Crippen LogP contribution < -0.4 is 5.32 Å². The first-order valence-corrected chi connectivity index (χ1v) is 11.1. The molecule has 2 unspecified atom stereocenters. The van der Waals surface area contributed by atoms with Gasteiger partial charge in [-0.05, 0) is 61.4 Å². The van der Waals surface area contributed by atoms with Crippen LogP contribution in [0.1, 0.15) is 61.3 Å². The van der Waals surface area contributed by atoms with Gasteiger partial charge in [-0.3, -0.25) is 4.79 Å². The molecule has 0 spiro atoms. The molecule has 31 heavy (non-hydrogen) atoms. The topological polar surface area (TPSA) is 110 Å². The Hall–Kier alpha value is -2.41. The van der Waals surface area contributed by atoms with Gasteiger partial charge in [0.2, 0.25) is 0 Å². The van der Waals surface area contributed by atoms with E-state index in [-0.39, 0.29) is 18.8 Å². The standard InChI is InChI=1S/C25H35NO5/c27-18-22-16-21(11-12-23(22)28)24(29)17-26-15-14-20(10-13-25(30)31)9-5-4-8-19-6-2-1-3-7-19/h1-3,6-7,11-12,16,20,24,26-29H,4-5,8-10,13-15,17-18H2,(H,30,31). The molecule has 0 fully saturated rings.